The van der Waals surface area contributed by atoms with Gasteiger partial charge in [0.2, 0.25) is 0 Å². The molecule has 8 nitrogen and oxygen atoms in total. The Hall–Kier alpha value is -2.61. The number of aryl methyl sites for hydroxylation is 1. The number of ether oxygens (including phenoxy) is 2. The van der Waals surface area contributed by atoms with E-state index in [0.717, 1.165) is 13.1 Å². The lowest BCUT2D eigenvalue weighted by atomic mass is 10.2. The Morgan fingerprint density at radius 3 is 2.76 bits per heavy atom. The Morgan fingerprint density at radius 1 is 1.32 bits per heavy atom. The Kier molecular flexibility index (Phi) is 4.63. The number of nitrogens with one attached hydrogen (secondary N) is 1. The molecule has 1 amide bonds. The van der Waals surface area contributed by atoms with Crippen molar-refractivity contribution in [3.63, 3.8) is 0 Å². The maximum Gasteiger partial charge on any atom is 0.415 e. The van der Waals surface area contributed by atoms with Gasteiger partial charge in [0.05, 0.1) is 18.0 Å². The highest BCUT2D eigenvalue weighted by Gasteiger charge is 2.28. The van der Waals surface area contributed by atoms with Gasteiger partial charge in [-0.15, -0.1) is 0 Å². The largest absolute Gasteiger partial charge is 0.493 e. The number of rotatable bonds is 2. The molecule has 0 spiro atoms. The van der Waals surface area contributed by atoms with Gasteiger partial charge in [0.1, 0.15) is 5.82 Å². The predicted molar refractivity (Wildman–Crippen MR) is 93.3 cm³/mol. The minimum Gasteiger partial charge on any atom is -0.493 e. The number of nitrogens with zero attached hydrogens (tertiary/aromatic N) is 3. The molecule has 0 aliphatic carbocycles. The standard InChI is InChI=1S/C17H22N4O4/c1-10-9-20(3)5-6-21(10)17(23)25-15-7-12-13(8-14(15)24-4)18-11(2)19-16(12)22/h7-8,10H,5-6,9H2,1-4H3,(H,18,19,22)/t10-/m0/s1. The summed E-state index contributed by atoms with van der Waals surface area (Å²) in [7, 11) is 3.50. The SMILES string of the molecule is COc1cc2nc(C)[nH]c(=O)c2cc1OC(=O)N1CCN(C)C[C@@H]1C. The number of H-pyrrole nitrogens is 1. The number of amides is 1. The van der Waals surface area contributed by atoms with E-state index in [1.54, 1.807) is 17.9 Å². The zero-order valence-corrected chi connectivity index (χ0v) is 14.8. The average molecular weight is 346 g/mol. The van der Waals surface area contributed by atoms with Gasteiger partial charge in [-0.05, 0) is 27.0 Å². The fraction of sp³-hybridized carbons (Fsp3) is 0.471. The summed E-state index contributed by atoms with van der Waals surface area (Å²) >= 11 is 0. The number of aromatic nitrogens is 2. The van der Waals surface area contributed by atoms with Crippen molar-refractivity contribution in [3.8, 4) is 11.5 Å². The van der Waals surface area contributed by atoms with E-state index in [9.17, 15) is 9.59 Å². The second-order valence-corrected chi connectivity index (χ2v) is 6.34. The van der Waals surface area contributed by atoms with Gasteiger partial charge in [-0.2, -0.15) is 0 Å². The van der Waals surface area contributed by atoms with Crippen LogP contribution in [0.5, 0.6) is 11.5 Å². The summed E-state index contributed by atoms with van der Waals surface area (Å²) in [5.74, 6) is 1.08. The van der Waals surface area contributed by atoms with E-state index >= 15 is 0 Å². The summed E-state index contributed by atoms with van der Waals surface area (Å²) in [6.45, 7) is 5.85. The third-order valence-electron chi connectivity index (χ3n) is 4.37. The summed E-state index contributed by atoms with van der Waals surface area (Å²) in [5.41, 5.74) is 0.210. The van der Waals surface area contributed by atoms with Crippen LogP contribution in [0.15, 0.2) is 16.9 Å². The van der Waals surface area contributed by atoms with Crippen molar-refractivity contribution in [3.05, 3.63) is 28.3 Å². The number of carbonyl (C=O) groups excluding carboxylic acids is 1. The van der Waals surface area contributed by atoms with Crippen LogP contribution in [0.2, 0.25) is 0 Å². The van der Waals surface area contributed by atoms with Crippen LogP contribution >= 0.6 is 0 Å². The van der Waals surface area contributed by atoms with Gasteiger partial charge in [0, 0.05) is 31.7 Å². The molecule has 1 atom stereocenters. The van der Waals surface area contributed by atoms with Crippen molar-refractivity contribution in [2.24, 2.45) is 0 Å². The number of hydrogen-bond acceptors (Lipinski definition) is 6. The first-order valence-corrected chi connectivity index (χ1v) is 8.14. The number of piperazine rings is 1. The van der Waals surface area contributed by atoms with E-state index in [2.05, 4.69) is 14.9 Å². The maximum absolute atomic E-state index is 12.6. The highest BCUT2D eigenvalue weighted by Crippen LogP contribution is 2.31. The van der Waals surface area contributed by atoms with Crippen LogP contribution in [0.4, 0.5) is 4.79 Å². The van der Waals surface area contributed by atoms with Crippen molar-refractivity contribution < 1.29 is 14.3 Å². The van der Waals surface area contributed by atoms with Crippen LogP contribution in [-0.4, -0.2) is 65.7 Å². The van der Waals surface area contributed by atoms with E-state index in [4.69, 9.17) is 9.47 Å². The third-order valence-corrected chi connectivity index (χ3v) is 4.37. The molecular weight excluding hydrogens is 324 g/mol. The number of benzene rings is 1. The Morgan fingerprint density at radius 2 is 2.08 bits per heavy atom. The van der Waals surface area contributed by atoms with Gasteiger partial charge in [-0.25, -0.2) is 9.78 Å². The van der Waals surface area contributed by atoms with Gasteiger partial charge >= 0.3 is 6.09 Å². The van der Waals surface area contributed by atoms with Crippen molar-refractivity contribution >= 4 is 17.0 Å². The molecule has 1 fully saturated rings. The lowest BCUT2D eigenvalue weighted by molar-refractivity contribution is 0.0886. The number of methoxy groups -OCH3 is 1. The third kappa shape index (κ3) is 3.43. The second kappa shape index (κ2) is 6.72. The van der Waals surface area contributed by atoms with Crippen LogP contribution in [-0.2, 0) is 0 Å². The molecule has 1 aromatic carbocycles. The number of aromatic amines is 1. The Balaban J connectivity index is 1.92. The summed E-state index contributed by atoms with van der Waals surface area (Å²) in [6, 6.07) is 3.15. The molecule has 1 aliphatic rings. The molecule has 1 saturated heterocycles. The minimum atomic E-state index is -0.449. The molecule has 3 rings (SSSR count). The fourth-order valence-electron chi connectivity index (χ4n) is 3.07. The van der Waals surface area contributed by atoms with Crippen molar-refractivity contribution in [2.75, 3.05) is 33.8 Å². The normalized spacial score (nSPS) is 18.4. The van der Waals surface area contributed by atoms with Gasteiger partial charge < -0.3 is 24.3 Å². The topological polar surface area (TPSA) is 87.8 Å². The molecule has 1 aromatic heterocycles. The van der Waals surface area contributed by atoms with Crippen LogP contribution in [0, 0.1) is 6.92 Å². The summed E-state index contributed by atoms with van der Waals surface area (Å²) in [4.78, 5) is 35.5. The molecule has 2 aromatic rings. The number of likely N-dealkylation sites (N-methyl/N-ethyl adjacent to an activating group) is 1. The molecular formula is C17H22N4O4. The zero-order chi connectivity index (χ0) is 18.1. The highest BCUT2D eigenvalue weighted by molar-refractivity contribution is 5.83. The monoisotopic (exact) mass is 346 g/mol. The van der Waals surface area contributed by atoms with E-state index in [1.165, 1.54) is 13.2 Å². The van der Waals surface area contributed by atoms with E-state index in [-0.39, 0.29) is 17.4 Å². The first-order valence-electron chi connectivity index (χ1n) is 8.14. The molecule has 0 unspecified atom stereocenters. The maximum atomic E-state index is 12.6. The predicted octanol–water partition coefficient (Wildman–Crippen LogP) is 1.37. The molecule has 0 saturated carbocycles. The molecule has 2 heterocycles. The second-order valence-electron chi connectivity index (χ2n) is 6.34. The lowest BCUT2D eigenvalue weighted by Gasteiger charge is -2.37. The fourth-order valence-corrected chi connectivity index (χ4v) is 3.07. The summed E-state index contributed by atoms with van der Waals surface area (Å²) in [6.07, 6.45) is -0.449. The van der Waals surface area contributed by atoms with E-state index < -0.39 is 6.09 Å². The molecule has 134 valence electrons. The quantitative estimate of drug-likeness (QED) is 0.884. The number of hydrogen-bond donors (Lipinski definition) is 1. The van der Waals surface area contributed by atoms with Crippen molar-refractivity contribution in [1.29, 1.82) is 0 Å². The number of fused-ring (bicyclic) bond motifs is 1. The van der Waals surface area contributed by atoms with Gasteiger partial charge in [0.15, 0.2) is 11.5 Å². The Labute approximate surface area is 145 Å². The van der Waals surface area contributed by atoms with Gasteiger partial charge in [0.25, 0.3) is 5.56 Å². The number of carbonyl (C=O) groups is 1. The Bertz CT molecular complexity index is 864. The molecule has 1 aliphatic heterocycles. The van der Waals surface area contributed by atoms with Gasteiger partial charge in [-0.3, -0.25) is 4.79 Å². The highest BCUT2D eigenvalue weighted by atomic mass is 16.6. The van der Waals surface area contributed by atoms with Crippen LogP contribution in [0.25, 0.3) is 10.9 Å². The molecule has 25 heavy (non-hydrogen) atoms. The molecule has 0 bridgehead atoms. The molecule has 8 heteroatoms. The van der Waals surface area contributed by atoms with Crippen LogP contribution in [0.3, 0.4) is 0 Å². The van der Waals surface area contributed by atoms with Crippen LogP contribution < -0.4 is 15.0 Å². The van der Waals surface area contributed by atoms with Crippen molar-refractivity contribution in [1.82, 2.24) is 19.8 Å². The summed E-state index contributed by atoms with van der Waals surface area (Å²) < 4.78 is 10.8. The first kappa shape index (κ1) is 17.2. The van der Waals surface area contributed by atoms with Crippen LogP contribution in [0.1, 0.15) is 12.7 Å². The van der Waals surface area contributed by atoms with Crippen molar-refractivity contribution in [2.45, 2.75) is 19.9 Å². The van der Waals surface area contributed by atoms with E-state index in [0.29, 0.717) is 29.0 Å². The van der Waals surface area contributed by atoms with E-state index in [1.807, 2.05) is 14.0 Å². The molecule has 1 N–H and O–H groups in total. The first-order chi connectivity index (χ1) is 11.9. The van der Waals surface area contributed by atoms with Gasteiger partial charge in [-0.1, -0.05) is 0 Å². The smallest absolute Gasteiger partial charge is 0.415 e. The minimum absolute atomic E-state index is 0.0467. The average Bonchev–Trinajstić information content (AvgIpc) is 2.54. The summed E-state index contributed by atoms with van der Waals surface area (Å²) in [5, 5.41) is 0.348. The molecule has 0 radical (unpaired) electrons. The zero-order valence-electron chi connectivity index (χ0n) is 14.8. The lowest BCUT2D eigenvalue weighted by Crippen LogP contribution is -2.53.